The monoisotopic (exact) mass is 235 g/mol. The second kappa shape index (κ2) is 5.19. The summed E-state index contributed by atoms with van der Waals surface area (Å²) < 4.78 is 4.87. The van der Waals surface area contributed by atoms with Gasteiger partial charge >= 0.3 is 0 Å². The highest BCUT2D eigenvalue weighted by molar-refractivity contribution is 5.82. The molecule has 1 aromatic carbocycles. The molecule has 1 amide bonds. The first-order valence-electron chi connectivity index (χ1n) is 5.78. The average Bonchev–Trinajstić information content (AvgIpc) is 3.10. The zero-order chi connectivity index (χ0) is 12.3. The molecule has 0 radical (unpaired) electrons. The van der Waals surface area contributed by atoms with E-state index in [-0.39, 0.29) is 17.6 Å². The lowest BCUT2D eigenvalue weighted by atomic mass is 10.1. The van der Waals surface area contributed by atoms with Crippen molar-refractivity contribution in [3.8, 4) is 5.75 Å². The summed E-state index contributed by atoms with van der Waals surface area (Å²) in [7, 11) is 1.61. The fourth-order valence-corrected chi connectivity index (χ4v) is 1.98. The Bertz CT molecular complexity index is 388. The number of carbonyl (C=O) groups excluding carboxylic acids is 1. The first-order chi connectivity index (χ1) is 8.22. The maximum absolute atomic E-state index is 11.7. The standard InChI is InChI=1S/C13H17NO3/c1-17-7-6-14-13(16)12-8-11(12)9-2-4-10(15)5-3-9/h2-5,11-12,15H,6-8H2,1H3,(H,14,16). The summed E-state index contributed by atoms with van der Waals surface area (Å²) in [4.78, 5) is 11.7. The van der Waals surface area contributed by atoms with Crippen LogP contribution in [0, 0.1) is 5.92 Å². The van der Waals surface area contributed by atoms with Crippen LogP contribution >= 0.6 is 0 Å². The SMILES string of the molecule is COCCNC(=O)C1CC1c1ccc(O)cc1. The summed E-state index contributed by atoms with van der Waals surface area (Å²) >= 11 is 0. The van der Waals surface area contributed by atoms with E-state index < -0.39 is 0 Å². The molecule has 17 heavy (non-hydrogen) atoms. The highest BCUT2D eigenvalue weighted by Crippen LogP contribution is 2.47. The second-order valence-corrected chi connectivity index (χ2v) is 4.32. The number of methoxy groups -OCH3 is 1. The molecule has 4 heteroatoms. The summed E-state index contributed by atoms with van der Waals surface area (Å²) in [6.45, 7) is 1.11. The number of aromatic hydroxyl groups is 1. The fraction of sp³-hybridized carbons (Fsp3) is 0.462. The van der Waals surface area contributed by atoms with Gasteiger partial charge in [0.25, 0.3) is 0 Å². The van der Waals surface area contributed by atoms with Gasteiger partial charge in [0.1, 0.15) is 5.75 Å². The molecule has 2 rings (SSSR count). The number of phenolic OH excluding ortho intramolecular Hbond substituents is 1. The Morgan fingerprint density at radius 3 is 2.82 bits per heavy atom. The topological polar surface area (TPSA) is 58.6 Å². The number of carbonyl (C=O) groups is 1. The Labute approximate surface area is 101 Å². The third kappa shape index (κ3) is 2.97. The van der Waals surface area contributed by atoms with Crippen LogP contribution in [0.1, 0.15) is 17.9 Å². The van der Waals surface area contributed by atoms with Crippen LogP contribution < -0.4 is 5.32 Å². The fourth-order valence-electron chi connectivity index (χ4n) is 1.98. The lowest BCUT2D eigenvalue weighted by Crippen LogP contribution is -2.28. The molecular formula is C13H17NO3. The van der Waals surface area contributed by atoms with Crippen molar-refractivity contribution in [1.82, 2.24) is 5.32 Å². The molecule has 0 heterocycles. The largest absolute Gasteiger partial charge is 0.508 e. The highest BCUT2D eigenvalue weighted by atomic mass is 16.5. The summed E-state index contributed by atoms with van der Waals surface area (Å²) in [5.74, 6) is 0.741. The molecule has 2 atom stereocenters. The van der Waals surface area contributed by atoms with Crippen LogP contribution in [0.3, 0.4) is 0 Å². The first-order valence-corrected chi connectivity index (χ1v) is 5.78. The molecule has 1 aliphatic carbocycles. The molecule has 0 saturated heterocycles. The quantitative estimate of drug-likeness (QED) is 0.755. The first kappa shape index (κ1) is 11.9. The number of hydrogen-bond donors (Lipinski definition) is 2. The number of rotatable bonds is 5. The van der Waals surface area contributed by atoms with Gasteiger partial charge in [-0.25, -0.2) is 0 Å². The zero-order valence-corrected chi connectivity index (χ0v) is 9.85. The Hall–Kier alpha value is -1.55. The van der Waals surface area contributed by atoms with Crippen LogP contribution in [0.2, 0.25) is 0 Å². The van der Waals surface area contributed by atoms with Gasteiger partial charge in [-0.05, 0) is 30.0 Å². The average molecular weight is 235 g/mol. The maximum atomic E-state index is 11.7. The summed E-state index contributed by atoms with van der Waals surface area (Å²) in [6, 6.07) is 7.08. The molecule has 0 aromatic heterocycles. The van der Waals surface area contributed by atoms with Crippen molar-refractivity contribution in [3.63, 3.8) is 0 Å². The van der Waals surface area contributed by atoms with Gasteiger partial charge in [-0.15, -0.1) is 0 Å². The van der Waals surface area contributed by atoms with E-state index in [1.54, 1.807) is 19.2 Å². The van der Waals surface area contributed by atoms with Crippen molar-refractivity contribution in [2.24, 2.45) is 5.92 Å². The number of phenols is 1. The highest BCUT2D eigenvalue weighted by Gasteiger charge is 2.43. The Kier molecular flexibility index (Phi) is 3.64. The molecule has 1 saturated carbocycles. The van der Waals surface area contributed by atoms with Crippen LogP contribution in [-0.2, 0) is 9.53 Å². The normalized spacial score (nSPS) is 22.2. The van der Waals surface area contributed by atoms with Crippen LogP contribution in [0.5, 0.6) is 5.75 Å². The lowest BCUT2D eigenvalue weighted by molar-refractivity contribution is -0.122. The van der Waals surface area contributed by atoms with E-state index >= 15 is 0 Å². The minimum atomic E-state index is 0.0800. The smallest absolute Gasteiger partial charge is 0.223 e. The van der Waals surface area contributed by atoms with Crippen LogP contribution in [-0.4, -0.2) is 31.3 Å². The van der Waals surface area contributed by atoms with Gasteiger partial charge in [0.2, 0.25) is 5.91 Å². The number of hydrogen-bond acceptors (Lipinski definition) is 3. The van der Waals surface area contributed by atoms with Crippen LogP contribution in [0.4, 0.5) is 0 Å². The minimum Gasteiger partial charge on any atom is -0.508 e. The van der Waals surface area contributed by atoms with Gasteiger partial charge in [-0.3, -0.25) is 4.79 Å². The molecule has 4 nitrogen and oxygen atoms in total. The Morgan fingerprint density at radius 2 is 2.18 bits per heavy atom. The Balaban J connectivity index is 1.83. The van der Waals surface area contributed by atoms with Crippen molar-refractivity contribution >= 4 is 5.91 Å². The molecule has 92 valence electrons. The molecular weight excluding hydrogens is 218 g/mol. The van der Waals surface area contributed by atoms with E-state index in [4.69, 9.17) is 4.74 Å². The molecule has 0 aliphatic heterocycles. The van der Waals surface area contributed by atoms with E-state index in [9.17, 15) is 9.90 Å². The molecule has 0 bridgehead atoms. The van der Waals surface area contributed by atoms with Gasteiger partial charge < -0.3 is 15.2 Å². The van der Waals surface area contributed by atoms with E-state index in [1.807, 2.05) is 12.1 Å². The van der Waals surface area contributed by atoms with Gasteiger partial charge in [-0.2, -0.15) is 0 Å². The number of ether oxygens (including phenoxy) is 1. The van der Waals surface area contributed by atoms with Crippen molar-refractivity contribution in [2.45, 2.75) is 12.3 Å². The molecule has 2 N–H and O–H groups in total. The number of benzene rings is 1. The van der Waals surface area contributed by atoms with Crippen molar-refractivity contribution in [1.29, 1.82) is 0 Å². The van der Waals surface area contributed by atoms with Crippen LogP contribution in [0.15, 0.2) is 24.3 Å². The van der Waals surface area contributed by atoms with Crippen molar-refractivity contribution in [3.05, 3.63) is 29.8 Å². The molecule has 1 aromatic rings. The van der Waals surface area contributed by atoms with E-state index in [0.29, 0.717) is 19.1 Å². The van der Waals surface area contributed by atoms with Gasteiger partial charge in [0.05, 0.1) is 6.61 Å². The predicted octanol–water partition coefficient (Wildman–Crippen LogP) is 1.26. The van der Waals surface area contributed by atoms with Gasteiger partial charge in [0.15, 0.2) is 0 Å². The second-order valence-electron chi connectivity index (χ2n) is 4.32. The molecule has 1 aliphatic rings. The van der Waals surface area contributed by atoms with Crippen molar-refractivity contribution < 1.29 is 14.6 Å². The lowest BCUT2D eigenvalue weighted by Gasteiger charge is -2.04. The van der Waals surface area contributed by atoms with Gasteiger partial charge in [0, 0.05) is 19.6 Å². The molecule has 2 unspecified atom stereocenters. The number of nitrogens with one attached hydrogen (secondary N) is 1. The third-order valence-corrected chi connectivity index (χ3v) is 3.05. The Morgan fingerprint density at radius 1 is 1.47 bits per heavy atom. The molecule has 0 spiro atoms. The van der Waals surface area contributed by atoms with E-state index in [2.05, 4.69) is 5.32 Å². The zero-order valence-electron chi connectivity index (χ0n) is 9.85. The minimum absolute atomic E-state index is 0.0800. The maximum Gasteiger partial charge on any atom is 0.223 e. The molecule has 1 fully saturated rings. The summed E-state index contributed by atoms with van der Waals surface area (Å²) in [5, 5.41) is 12.0. The summed E-state index contributed by atoms with van der Waals surface area (Å²) in [6.07, 6.45) is 0.892. The summed E-state index contributed by atoms with van der Waals surface area (Å²) in [5.41, 5.74) is 1.12. The third-order valence-electron chi connectivity index (χ3n) is 3.05. The van der Waals surface area contributed by atoms with E-state index in [0.717, 1.165) is 12.0 Å². The van der Waals surface area contributed by atoms with Gasteiger partial charge in [-0.1, -0.05) is 12.1 Å². The van der Waals surface area contributed by atoms with Crippen molar-refractivity contribution in [2.75, 3.05) is 20.3 Å². The predicted molar refractivity (Wildman–Crippen MR) is 63.8 cm³/mol. The van der Waals surface area contributed by atoms with E-state index in [1.165, 1.54) is 0 Å². The van der Waals surface area contributed by atoms with Crippen LogP contribution in [0.25, 0.3) is 0 Å². The number of amides is 1.